The number of nitro benzene ring substituents is 1. The van der Waals surface area contributed by atoms with E-state index >= 15 is 0 Å². The zero-order valence-corrected chi connectivity index (χ0v) is 8.24. The molecule has 1 rings (SSSR count). The zero-order chi connectivity index (χ0) is 13.2. The van der Waals surface area contributed by atoms with Crippen LogP contribution in [-0.2, 0) is 0 Å². The average molecular weight is 242 g/mol. The number of phenols is 1. The summed E-state index contributed by atoms with van der Waals surface area (Å²) in [5, 5.41) is 46.2. The lowest BCUT2D eigenvalue weighted by Crippen LogP contribution is -2.16. The monoisotopic (exact) mass is 242 g/mol. The number of benzene rings is 1. The van der Waals surface area contributed by atoms with E-state index in [0.717, 1.165) is 0 Å². The van der Waals surface area contributed by atoms with Crippen molar-refractivity contribution < 1.29 is 24.6 Å². The van der Waals surface area contributed by atoms with Crippen LogP contribution in [0.25, 0.3) is 0 Å². The second-order valence-electron chi connectivity index (χ2n) is 3.15. The summed E-state index contributed by atoms with van der Waals surface area (Å²) in [6, 6.07) is 2.59. The molecule has 0 aliphatic rings. The van der Waals surface area contributed by atoms with Crippen LogP contribution in [0.3, 0.4) is 0 Å². The maximum Gasteiger partial charge on any atom is 0.314 e. The molecule has 8 heteroatoms. The molecule has 0 aliphatic carbocycles. The third-order valence-corrected chi connectivity index (χ3v) is 2.04. The molecule has 0 radical (unpaired) electrons. The molecule has 0 spiro atoms. The topological polar surface area (TPSA) is 128 Å². The number of aliphatic hydroxyl groups excluding tert-OH is 2. The Labute approximate surface area is 94.1 Å². The molecule has 3 N–H and O–H groups in total. The van der Waals surface area contributed by atoms with Gasteiger partial charge in [-0.3, -0.25) is 10.1 Å². The van der Waals surface area contributed by atoms with Crippen LogP contribution in [-0.4, -0.2) is 26.3 Å². The van der Waals surface area contributed by atoms with Gasteiger partial charge in [-0.1, -0.05) is 0 Å². The lowest BCUT2D eigenvalue weighted by atomic mass is 10.0. The number of hydrogen-bond donors (Lipinski definition) is 3. The van der Waals surface area contributed by atoms with Crippen molar-refractivity contribution in [2.75, 3.05) is 0 Å². The minimum Gasteiger partial charge on any atom is -0.500 e. The van der Waals surface area contributed by atoms with Gasteiger partial charge in [0.15, 0.2) is 11.9 Å². The second kappa shape index (κ2) is 4.73. The van der Waals surface area contributed by atoms with Crippen LogP contribution < -0.4 is 0 Å². The van der Waals surface area contributed by atoms with Gasteiger partial charge in [-0.2, -0.15) is 5.26 Å². The first-order valence-corrected chi connectivity index (χ1v) is 4.31. The molecule has 0 saturated heterocycles. The van der Waals surface area contributed by atoms with E-state index < -0.39 is 34.4 Å². The molecule has 90 valence electrons. The molecular weight excluding hydrogens is 235 g/mol. The normalized spacial score (nSPS) is 13.8. The number of hydrogen-bond acceptors (Lipinski definition) is 6. The van der Waals surface area contributed by atoms with Gasteiger partial charge in [-0.25, -0.2) is 4.39 Å². The fourth-order valence-corrected chi connectivity index (χ4v) is 1.17. The van der Waals surface area contributed by atoms with Gasteiger partial charge in [-0.15, -0.1) is 0 Å². The lowest BCUT2D eigenvalue weighted by molar-refractivity contribution is -0.386. The number of nitro groups is 1. The van der Waals surface area contributed by atoms with Crippen molar-refractivity contribution in [1.29, 1.82) is 5.26 Å². The standard InChI is InChI=1S/C9H7FN2O5/c10-5-1-4(8(14)7(13)3-11)2-6(9(5)15)12(16)17/h1-2,7-8,13-15H. The molecule has 0 bridgehead atoms. The van der Waals surface area contributed by atoms with Crippen molar-refractivity contribution in [2.24, 2.45) is 0 Å². The molecule has 0 saturated carbocycles. The highest BCUT2D eigenvalue weighted by Crippen LogP contribution is 2.32. The van der Waals surface area contributed by atoms with E-state index in [1.54, 1.807) is 0 Å². The summed E-state index contributed by atoms with van der Waals surface area (Å²) in [5.74, 6) is -2.49. The number of rotatable bonds is 3. The van der Waals surface area contributed by atoms with Gasteiger partial charge in [0.25, 0.3) is 0 Å². The lowest BCUT2D eigenvalue weighted by Gasteiger charge is -2.12. The highest BCUT2D eigenvalue weighted by Gasteiger charge is 2.25. The van der Waals surface area contributed by atoms with E-state index in [1.807, 2.05) is 0 Å². The fourth-order valence-electron chi connectivity index (χ4n) is 1.17. The van der Waals surface area contributed by atoms with Crippen molar-refractivity contribution in [3.8, 4) is 11.8 Å². The smallest absolute Gasteiger partial charge is 0.314 e. The Hall–Kier alpha value is -2.24. The second-order valence-corrected chi connectivity index (χ2v) is 3.15. The van der Waals surface area contributed by atoms with Crippen molar-refractivity contribution in [3.63, 3.8) is 0 Å². The van der Waals surface area contributed by atoms with Gasteiger partial charge < -0.3 is 15.3 Å². The first-order valence-electron chi connectivity index (χ1n) is 4.31. The number of nitriles is 1. The van der Waals surface area contributed by atoms with Crippen LogP contribution >= 0.6 is 0 Å². The SMILES string of the molecule is N#CC(O)C(O)c1cc(F)c(O)c([N+](=O)[O-])c1. The Morgan fingerprint density at radius 1 is 1.47 bits per heavy atom. The van der Waals surface area contributed by atoms with Crippen molar-refractivity contribution in [1.82, 2.24) is 0 Å². The third-order valence-electron chi connectivity index (χ3n) is 2.04. The van der Waals surface area contributed by atoms with Gasteiger partial charge in [0.1, 0.15) is 6.10 Å². The summed E-state index contributed by atoms with van der Waals surface area (Å²) in [7, 11) is 0. The molecule has 0 fully saturated rings. The Morgan fingerprint density at radius 3 is 2.53 bits per heavy atom. The number of phenolic OH excluding ortho intramolecular Hbond substituents is 1. The molecule has 17 heavy (non-hydrogen) atoms. The number of halogens is 1. The minimum absolute atomic E-state index is 0.374. The Bertz CT molecular complexity index is 499. The first-order chi connectivity index (χ1) is 7.88. The third kappa shape index (κ3) is 2.47. The molecule has 0 heterocycles. The summed E-state index contributed by atoms with van der Waals surface area (Å²) in [6.45, 7) is 0. The van der Waals surface area contributed by atoms with E-state index in [2.05, 4.69) is 0 Å². The highest BCUT2D eigenvalue weighted by molar-refractivity contribution is 5.49. The largest absolute Gasteiger partial charge is 0.500 e. The summed E-state index contributed by atoms with van der Waals surface area (Å²) in [5.41, 5.74) is -1.33. The molecule has 0 aromatic heterocycles. The molecule has 2 atom stereocenters. The maximum atomic E-state index is 13.1. The van der Waals surface area contributed by atoms with Crippen molar-refractivity contribution in [3.05, 3.63) is 33.6 Å². The summed E-state index contributed by atoms with van der Waals surface area (Å²) in [6.07, 6.45) is -3.65. The molecular formula is C9H7FN2O5. The first kappa shape index (κ1) is 12.8. The van der Waals surface area contributed by atoms with E-state index in [1.165, 1.54) is 6.07 Å². The summed E-state index contributed by atoms with van der Waals surface area (Å²) < 4.78 is 13.1. The molecule has 1 aromatic carbocycles. The Morgan fingerprint density at radius 2 is 2.06 bits per heavy atom. The minimum atomic E-state index is -1.85. The quantitative estimate of drug-likeness (QED) is 0.398. The predicted octanol–water partition coefficient (Wildman–Crippen LogP) is 0.357. The Kier molecular flexibility index (Phi) is 3.57. The van der Waals surface area contributed by atoms with Crippen molar-refractivity contribution in [2.45, 2.75) is 12.2 Å². The number of aliphatic hydroxyl groups is 2. The van der Waals surface area contributed by atoms with Crippen LogP contribution in [0.4, 0.5) is 10.1 Å². The molecule has 0 amide bonds. The Balaban J connectivity index is 3.29. The molecule has 0 aliphatic heterocycles. The van der Waals surface area contributed by atoms with E-state index in [-0.39, 0.29) is 5.56 Å². The van der Waals surface area contributed by atoms with Gasteiger partial charge in [0, 0.05) is 6.07 Å². The number of nitrogens with zero attached hydrogens (tertiary/aromatic N) is 2. The fraction of sp³-hybridized carbons (Fsp3) is 0.222. The predicted molar refractivity (Wildman–Crippen MR) is 51.3 cm³/mol. The zero-order valence-electron chi connectivity index (χ0n) is 8.24. The van der Waals surface area contributed by atoms with Crippen LogP contribution in [0.15, 0.2) is 12.1 Å². The van der Waals surface area contributed by atoms with E-state index in [0.29, 0.717) is 12.1 Å². The van der Waals surface area contributed by atoms with Crippen LogP contribution in [0.1, 0.15) is 11.7 Å². The maximum absolute atomic E-state index is 13.1. The molecule has 7 nitrogen and oxygen atoms in total. The molecule has 1 aromatic rings. The van der Waals surface area contributed by atoms with Gasteiger partial charge >= 0.3 is 5.69 Å². The van der Waals surface area contributed by atoms with E-state index in [4.69, 9.17) is 15.5 Å². The highest BCUT2D eigenvalue weighted by atomic mass is 19.1. The summed E-state index contributed by atoms with van der Waals surface area (Å²) in [4.78, 5) is 9.41. The van der Waals surface area contributed by atoms with Crippen LogP contribution in [0, 0.1) is 27.3 Å². The van der Waals surface area contributed by atoms with Gasteiger partial charge in [0.2, 0.25) is 5.75 Å². The van der Waals surface area contributed by atoms with Crippen LogP contribution in [0.5, 0.6) is 5.75 Å². The average Bonchev–Trinajstić information content (AvgIpc) is 2.30. The van der Waals surface area contributed by atoms with Crippen LogP contribution in [0.2, 0.25) is 0 Å². The van der Waals surface area contributed by atoms with Gasteiger partial charge in [-0.05, 0) is 11.6 Å². The van der Waals surface area contributed by atoms with Crippen molar-refractivity contribution >= 4 is 5.69 Å². The summed E-state index contributed by atoms with van der Waals surface area (Å²) >= 11 is 0. The van der Waals surface area contributed by atoms with E-state index in [9.17, 15) is 19.6 Å². The molecule has 2 unspecified atom stereocenters. The van der Waals surface area contributed by atoms with Gasteiger partial charge in [0.05, 0.1) is 11.0 Å². The number of aromatic hydroxyl groups is 1.